The zero-order valence-corrected chi connectivity index (χ0v) is 9.56. The van der Waals surface area contributed by atoms with Gasteiger partial charge in [-0.3, -0.25) is 4.79 Å². The number of rotatable bonds is 3. The van der Waals surface area contributed by atoms with Crippen molar-refractivity contribution < 1.29 is 23.8 Å². The molecule has 0 saturated heterocycles. The van der Waals surface area contributed by atoms with Gasteiger partial charge in [0.05, 0.1) is 7.11 Å². The molecule has 2 rings (SSSR count). The summed E-state index contributed by atoms with van der Waals surface area (Å²) >= 11 is 0. The van der Waals surface area contributed by atoms with Gasteiger partial charge in [0, 0.05) is 0 Å². The molecule has 1 heterocycles. The predicted octanol–water partition coefficient (Wildman–Crippen LogP) is 1.96. The third kappa shape index (κ3) is 1.81. The van der Waals surface area contributed by atoms with E-state index in [1.807, 2.05) is 0 Å². The highest BCUT2D eigenvalue weighted by atomic mass is 16.5. The van der Waals surface area contributed by atoms with Crippen LogP contribution in [0.1, 0.15) is 42.0 Å². The summed E-state index contributed by atoms with van der Waals surface area (Å²) in [5.41, 5.74) is -0.966. The summed E-state index contributed by atoms with van der Waals surface area (Å²) in [6.45, 7) is 0. The molecule has 0 bridgehead atoms. The van der Waals surface area contributed by atoms with E-state index in [2.05, 4.69) is 4.74 Å². The summed E-state index contributed by atoms with van der Waals surface area (Å²) in [5, 5.41) is 9.35. The molecular formula is C12H14O5. The first-order valence-corrected chi connectivity index (χ1v) is 5.52. The monoisotopic (exact) mass is 238 g/mol. The Morgan fingerprint density at radius 1 is 1.35 bits per heavy atom. The van der Waals surface area contributed by atoms with Crippen molar-refractivity contribution in [3.63, 3.8) is 0 Å². The van der Waals surface area contributed by atoms with E-state index in [0.717, 1.165) is 12.8 Å². The maximum absolute atomic E-state index is 11.4. The Hall–Kier alpha value is -1.78. The fourth-order valence-electron chi connectivity index (χ4n) is 2.35. The van der Waals surface area contributed by atoms with Gasteiger partial charge in [0.2, 0.25) is 5.76 Å². The first kappa shape index (κ1) is 11.7. The molecule has 1 aromatic heterocycles. The Bertz CT molecular complexity index is 440. The number of hydrogen-bond donors (Lipinski definition) is 1. The molecule has 0 atom stereocenters. The van der Waals surface area contributed by atoms with Crippen LogP contribution in [0, 0.1) is 0 Å². The number of carbonyl (C=O) groups is 2. The molecule has 0 radical (unpaired) electrons. The van der Waals surface area contributed by atoms with Gasteiger partial charge < -0.3 is 14.3 Å². The van der Waals surface area contributed by atoms with E-state index in [1.54, 1.807) is 6.07 Å². The lowest BCUT2D eigenvalue weighted by atomic mass is 9.84. The van der Waals surface area contributed by atoms with Crippen molar-refractivity contribution in [2.45, 2.75) is 31.1 Å². The molecule has 1 aliphatic rings. The summed E-state index contributed by atoms with van der Waals surface area (Å²) in [6, 6.07) is 3.02. The van der Waals surface area contributed by atoms with Gasteiger partial charge in [0.25, 0.3) is 0 Å². The van der Waals surface area contributed by atoms with Crippen molar-refractivity contribution in [3.8, 4) is 0 Å². The summed E-state index contributed by atoms with van der Waals surface area (Å²) in [5.74, 6) is -1.08. The summed E-state index contributed by atoms with van der Waals surface area (Å²) in [7, 11) is 1.26. The summed E-state index contributed by atoms with van der Waals surface area (Å²) in [4.78, 5) is 22.6. The predicted molar refractivity (Wildman–Crippen MR) is 57.8 cm³/mol. The molecule has 0 unspecified atom stereocenters. The smallest absolute Gasteiger partial charge is 0.373 e. The van der Waals surface area contributed by atoms with Gasteiger partial charge in [0.1, 0.15) is 11.2 Å². The number of esters is 1. The van der Waals surface area contributed by atoms with E-state index in [-0.39, 0.29) is 5.76 Å². The van der Waals surface area contributed by atoms with Crippen molar-refractivity contribution in [3.05, 3.63) is 23.7 Å². The van der Waals surface area contributed by atoms with Crippen LogP contribution in [-0.4, -0.2) is 24.2 Å². The molecule has 0 amide bonds. The Kier molecular flexibility index (Phi) is 2.92. The molecule has 1 fully saturated rings. The van der Waals surface area contributed by atoms with Crippen LogP contribution >= 0.6 is 0 Å². The minimum Gasteiger partial charge on any atom is -0.480 e. The lowest BCUT2D eigenvalue weighted by molar-refractivity contribution is -0.144. The molecule has 1 aromatic rings. The van der Waals surface area contributed by atoms with Gasteiger partial charge in [-0.25, -0.2) is 4.79 Å². The van der Waals surface area contributed by atoms with Gasteiger partial charge in [-0.1, -0.05) is 12.8 Å². The average molecular weight is 238 g/mol. The second kappa shape index (κ2) is 4.24. The Morgan fingerprint density at radius 3 is 2.53 bits per heavy atom. The largest absolute Gasteiger partial charge is 0.480 e. The lowest BCUT2D eigenvalue weighted by Crippen LogP contribution is -2.32. The van der Waals surface area contributed by atoms with E-state index in [0.29, 0.717) is 18.6 Å². The average Bonchev–Trinajstić information content (AvgIpc) is 2.96. The number of carboxylic acid groups (broad SMARTS) is 1. The number of ether oxygens (including phenoxy) is 1. The highest BCUT2D eigenvalue weighted by molar-refractivity contribution is 5.87. The molecule has 5 nitrogen and oxygen atoms in total. The number of hydrogen-bond acceptors (Lipinski definition) is 4. The highest BCUT2D eigenvalue weighted by Gasteiger charge is 2.45. The van der Waals surface area contributed by atoms with Gasteiger partial charge in [0.15, 0.2) is 0 Å². The Labute approximate surface area is 98.4 Å². The number of aliphatic carboxylic acids is 1. The number of methoxy groups -OCH3 is 1. The maximum Gasteiger partial charge on any atom is 0.373 e. The van der Waals surface area contributed by atoms with Crippen LogP contribution in [0.25, 0.3) is 0 Å². The first-order valence-electron chi connectivity index (χ1n) is 5.52. The Morgan fingerprint density at radius 2 is 2.00 bits per heavy atom. The normalized spacial score (nSPS) is 17.9. The topological polar surface area (TPSA) is 76.7 Å². The van der Waals surface area contributed by atoms with Gasteiger partial charge >= 0.3 is 11.9 Å². The van der Waals surface area contributed by atoms with Crippen LogP contribution in [0.15, 0.2) is 16.5 Å². The van der Waals surface area contributed by atoms with E-state index in [1.165, 1.54) is 13.2 Å². The molecule has 0 spiro atoms. The van der Waals surface area contributed by atoms with Gasteiger partial charge in [-0.15, -0.1) is 0 Å². The van der Waals surface area contributed by atoms with Crippen LogP contribution in [0.4, 0.5) is 0 Å². The molecule has 1 saturated carbocycles. The summed E-state index contributed by atoms with van der Waals surface area (Å²) in [6.07, 6.45) is 2.83. The molecule has 1 aliphatic carbocycles. The zero-order chi connectivity index (χ0) is 12.5. The second-order valence-electron chi connectivity index (χ2n) is 4.25. The molecule has 0 aliphatic heterocycles. The van der Waals surface area contributed by atoms with Crippen molar-refractivity contribution in [1.82, 2.24) is 0 Å². The number of carboxylic acids is 1. The van der Waals surface area contributed by atoms with Crippen molar-refractivity contribution in [1.29, 1.82) is 0 Å². The fourth-order valence-corrected chi connectivity index (χ4v) is 2.35. The minimum atomic E-state index is -0.966. The lowest BCUT2D eigenvalue weighted by Gasteiger charge is -2.20. The maximum atomic E-state index is 11.4. The third-order valence-corrected chi connectivity index (χ3v) is 3.33. The van der Waals surface area contributed by atoms with Crippen molar-refractivity contribution >= 4 is 11.9 Å². The van der Waals surface area contributed by atoms with E-state index >= 15 is 0 Å². The van der Waals surface area contributed by atoms with Crippen LogP contribution < -0.4 is 0 Å². The molecular weight excluding hydrogens is 224 g/mol. The van der Waals surface area contributed by atoms with Crippen LogP contribution in [-0.2, 0) is 14.9 Å². The Balaban J connectivity index is 2.35. The number of carbonyl (C=O) groups excluding carboxylic acids is 1. The first-order chi connectivity index (χ1) is 8.10. The highest BCUT2D eigenvalue weighted by Crippen LogP contribution is 2.42. The number of furan rings is 1. The summed E-state index contributed by atoms with van der Waals surface area (Å²) < 4.78 is 9.86. The van der Waals surface area contributed by atoms with Gasteiger partial charge in [-0.2, -0.15) is 0 Å². The van der Waals surface area contributed by atoms with Crippen LogP contribution in [0.3, 0.4) is 0 Å². The molecule has 5 heteroatoms. The van der Waals surface area contributed by atoms with Crippen molar-refractivity contribution in [2.24, 2.45) is 0 Å². The third-order valence-electron chi connectivity index (χ3n) is 3.33. The molecule has 92 valence electrons. The second-order valence-corrected chi connectivity index (χ2v) is 4.25. The molecule has 17 heavy (non-hydrogen) atoms. The van der Waals surface area contributed by atoms with E-state index < -0.39 is 17.4 Å². The zero-order valence-electron chi connectivity index (χ0n) is 9.56. The van der Waals surface area contributed by atoms with Gasteiger partial charge in [-0.05, 0) is 25.0 Å². The van der Waals surface area contributed by atoms with Crippen LogP contribution in [0.2, 0.25) is 0 Å². The van der Waals surface area contributed by atoms with E-state index in [9.17, 15) is 14.7 Å². The molecule has 0 aromatic carbocycles. The van der Waals surface area contributed by atoms with Crippen LogP contribution in [0.5, 0.6) is 0 Å². The molecule has 1 N–H and O–H groups in total. The fraction of sp³-hybridized carbons (Fsp3) is 0.500. The quantitative estimate of drug-likeness (QED) is 0.814. The minimum absolute atomic E-state index is 0.0509. The SMILES string of the molecule is COC(=O)c1ccc(C2(C(=O)O)CCCC2)o1. The van der Waals surface area contributed by atoms with E-state index in [4.69, 9.17) is 4.42 Å². The van der Waals surface area contributed by atoms with Crippen molar-refractivity contribution in [2.75, 3.05) is 7.11 Å². The standard InChI is InChI=1S/C12H14O5/c1-16-10(13)8-4-5-9(17-8)12(11(14)15)6-2-3-7-12/h4-5H,2-3,6-7H2,1H3,(H,14,15).